The lowest BCUT2D eigenvalue weighted by atomic mass is 9.85. The summed E-state index contributed by atoms with van der Waals surface area (Å²) in [7, 11) is 3.36. The van der Waals surface area contributed by atoms with Crippen LogP contribution in [0.15, 0.2) is 4.99 Å². The van der Waals surface area contributed by atoms with Crippen LogP contribution in [0.5, 0.6) is 0 Å². The second kappa shape index (κ2) is 10.1. The van der Waals surface area contributed by atoms with Crippen molar-refractivity contribution >= 4 is 29.9 Å². The number of hydrogen-bond acceptors (Lipinski definition) is 3. The van der Waals surface area contributed by atoms with E-state index < -0.39 is 12.1 Å². The summed E-state index contributed by atoms with van der Waals surface area (Å²) in [6, 6.07) is 0.0305. The highest BCUT2D eigenvalue weighted by Crippen LogP contribution is 2.37. The number of nitrogens with one attached hydrogen (secondary N) is 2. The summed E-state index contributed by atoms with van der Waals surface area (Å²) >= 11 is 0. The van der Waals surface area contributed by atoms with Gasteiger partial charge >= 0.3 is 6.18 Å². The Morgan fingerprint density at radius 2 is 1.80 bits per heavy atom. The van der Waals surface area contributed by atoms with Crippen LogP contribution in [0.2, 0.25) is 0 Å². The molecule has 0 atom stereocenters. The highest BCUT2D eigenvalue weighted by Gasteiger charge is 2.41. The van der Waals surface area contributed by atoms with Crippen molar-refractivity contribution in [1.82, 2.24) is 10.6 Å². The Hall–Kier alpha value is -0.290. The molecule has 1 aliphatic heterocycles. The average molecular weight is 479 g/mol. The summed E-state index contributed by atoms with van der Waals surface area (Å²) in [6.07, 6.45) is -1.08. The van der Waals surface area contributed by atoms with Gasteiger partial charge in [0, 0.05) is 52.8 Å². The number of aliphatic imine (C=N–C) groups is 1. The lowest BCUT2D eigenvalue weighted by molar-refractivity contribution is -0.182. The second-order valence-electron chi connectivity index (χ2n) is 6.66. The lowest BCUT2D eigenvalue weighted by Crippen LogP contribution is -2.52. The first-order chi connectivity index (χ1) is 11.4. The van der Waals surface area contributed by atoms with Gasteiger partial charge in [-0.05, 0) is 25.7 Å². The summed E-state index contributed by atoms with van der Waals surface area (Å²) in [6.45, 7) is 1.94. The van der Waals surface area contributed by atoms with Crippen molar-refractivity contribution in [2.45, 2.75) is 56.3 Å². The van der Waals surface area contributed by atoms with E-state index in [2.05, 4.69) is 15.6 Å². The zero-order valence-electron chi connectivity index (χ0n) is 14.8. The lowest BCUT2D eigenvalue weighted by Gasteiger charge is -2.37. The average Bonchev–Trinajstić information content (AvgIpc) is 2.59. The maximum Gasteiger partial charge on any atom is 0.391 e. The van der Waals surface area contributed by atoms with Gasteiger partial charge in [0.25, 0.3) is 0 Å². The van der Waals surface area contributed by atoms with Gasteiger partial charge in [-0.25, -0.2) is 0 Å². The van der Waals surface area contributed by atoms with Gasteiger partial charge < -0.3 is 20.1 Å². The van der Waals surface area contributed by atoms with Crippen molar-refractivity contribution in [2.75, 3.05) is 33.9 Å². The van der Waals surface area contributed by atoms with Gasteiger partial charge in [0.1, 0.15) is 0 Å². The monoisotopic (exact) mass is 479 g/mol. The van der Waals surface area contributed by atoms with E-state index in [4.69, 9.17) is 9.47 Å². The largest absolute Gasteiger partial charge is 0.391 e. The summed E-state index contributed by atoms with van der Waals surface area (Å²) in [5.41, 5.74) is -0.274. The Bertz CT molecular complexity index is 421. The van der Waals surface area contributed by atoms with Gasteiger partial charge in [-0.1, -0.05) is 0 Å². The molecule has 0 aromatic heterocycles. The first-order valence-electron chi connectivity index (χ1n) is 8.55. The molecule has 25 heavy (non-hydrogen) atoms. The highest BCUT2D eigenvalue weighted by atomic mass is 127. The van der Waals surface area contributed by atoms with Crippen LogP contribution in [0.3, 0.4) is 0 Å². The third kappa shape index (κ3) is 6.74. The predicted octanol–water partition coefficient (Wildman–Crippen LogP) is 3.09. The molecule has 0 radical (unpaired) electrons. The quantitative estimate of drug-likeness (QED) is 0.370. The van der Waals surface area contributed by atoms with Crippen LogP contribution < -0.4 is 10.6 Å². The molecule has 2 N–H and O–H groups in total. The number of hydrogen-bond donors (Lipinski definition) is 2. The van der Waals surface area contributed by atoms with E-state index in [9.17, 15) is 13.2 Å². The topological polar surface area (TPSA) is 54.9 Å². The van der Waals surface area contributed by atoms with E-state index in [0.29, 0.717) is 38.6 Å². The normalized spacial score (nSPS) is 27.3. The molecule has 1 saturated carbocycles. The second-order valence-corrected chi connectivity index (χ2v) is 6.66. The number of nitrogens with zero attached hydrogens (tertiary/aromatic N) is 1. The smallest absolute Gasteiger partial charge is 0.381 e. The van der Waals surface area contributed by atoms with E-state index >= 15 is 0 Å². The number of halogens is 4. The molecule has 0 aromatic rings. The minimum absolute atomic E-state index is 0. The van der Waals surface area contributed by atoms with Crippen molar-refractivity contribution in [3.63, 3.8) is 0 Å². The van der Waals surface area contributed by atoms with Crippen molar-refractivity contribution < 1.29 is 22.6 Å². The Balaban J connectivity index is 0.00000312. The molecule has 0 amide bonds. The van der Waals surface area contributed by atoms with Gasteiger partial charge in [-0.2, -0.15) is 13.2 Å². The fourth-order valence-electron chi connectivity index (χ4n) is 3.39. The van der Waals surface area contributed by atoms with Crippen molar-refractivity contribution in [2.24, 2.45) is 10.9 Å². The van der Waals surface area contributed by atoms with E-state index in [1.54, 1.807) is 14.2 Å². The van der Waals surface area contributed by atoms with Crippen LogP contribution in [-0.4, -0.2) is 57.7 Å². The predicted molar refractivity (Wildman–Crippen MR) is 102 cm³/mol. The van der Waals surface area contributed by atoms with Crippen molar-refractivity contribution in [3.05, 3.63) is 0 Å². The van der Waals surface area contributed by atoms with E-state index in [1.165, 1.54) is 0 Å². The molecular weight excluding hydrogens is 450 g/mol. The number of methoxy groups -OCH3 is 1. The highest BCUT2D eigenvalue weighted by molar-refractivity contribution is 14.0. The summed E-state index contributed by atoms with van der Waals surface area (Å²) in [4.78, 5) is 4.19. The third-order valence-corrected chi connectivity index (χ3v) is 5.17. The van der Waals surface area contributed by atoms with Gasteiger partial charge in [0.05, 0.1) is 11.5 Å². The summed E-state index contributed by atoms with van der Waals surface area (Å²) in [5.74, 6) is -0.544. The van der Waals surface area contributed by atoms with Crippen LogP contribution >= 0.6 is 24.0 Å². The fourth-order valence-corrected chi connectivity index (χ4v) is 3.39. The Morgan fingerprint density at radius 3 is 2.28 bits per heavy atom. The standard InChI is InChI=1S/C16H28F3N3O2.HI/c1-20-14(21-11-15(23-2)7-9-24-10-8-15)22-13-5-3-12(4-6-13)16(17,18)19;/h12-13H,3-11H2,1-2H3,(H2,20,21,22);1H. The molecule has 9 heteroatoms. The van der Waals surface area contributed by atoms with E-state index in [1.807, 2.05) is 0 Å². The van der Waals surface area contributed by atoms with Crippen LogP contribution in [0.4, 0.5) is 13.2 Å². The molecule has 0 unspecified atom stereocenters. The SMILES string of the molecule is CN=C(NCC1(OC)CCOCC1)NC1CCC(C(F)(F)F)CC1.I. The summed E-state index contributed by atoms with van der Waals surface area (Å²) < 4.78 is 49.2. The van der Waals surface area contributed by atoms with E-state index in [-0.39, 0.29) is 48.5 Å². The molecule has 1 heterocycles. The van der Waals surface area contributed by atoms with E-state index in [0.717, 1.165) is 12.8 Å². The third-order valence-electron chi connectivity index (χ3n) is 5.17. The zero-order valence-corrected chi connectivity index (χ0v) is 17.2. The van der Waals surface area contributed by atoms with Crippen LogP contribution in [-0.2, 0) is 9.47 Å². The van der Waals surface area contributed by atoms with Crippen LogP contribution in [0.25, 0.3) is 0 Å². The molecule has 148 valence electrons. The van der Waals surface area contributed by atoms with Crippen LogP contribution in [0.1, 0.15) is 38.5 Å². The fraction of sp³-hybridized carbons (Fsp3) is 0.938. The Labute approximate surface area is 164 Å². The number of guanidine groups is 1. The maximum atomic E-state index is 12.7. The van der Waals surface area contributed by atoms with Crippen LogP contribution in [0, 0.1) is 5.92 Å². The van der Waals surface area contributed by atoms with Gasteiger partial charge in [0.15, 0.2) is 5.96 Å². The zero-order chi connectivity index (χ0) is 17.6. The molecule has 2 aliphatic rings. The maximum absolute atomic E-state index is 12.7. The molecular formula is C16H29F3IN3O2. The van der Waals surface area contributed by atoms with Crippen molar-refractivity contribution in [3.8, 4) is 0 Å². The first kappa shape index (κ1) is 22.8. The van der Waals surface area contributed by atoms with Crippen molar-refractivity contribution in [1.29, 1.82) is 0 Å². The molecule has 1 aliphatic carbocycles. The molecule has 2 rings (SSSR count). The first-order valence-corrected chi connectivity index (χ1v) is 8.55. The van der Waals surface area contributed by atoms with Gasteiger partial charge in [-0.15, -0.1) is 24.0 Å². The minimum atomic E-state index is -4.07. The Kier molecular flexibility index (Phi) is 9.24. The molecule has 0 spiro atoms. The molecule has 1 saturated heterocycles. The number of alkyl halides is 3. The molecule has 5 nitrogen and oxygen atoms in total. The number of ether oxygens (including phenoxy) is 2. The number of rotatable bonds is 4. The van der Waals surface area contributed by atoms with Gasteiger partial charge in [0.2, 0.25) is 0 Å². The minimum Gasteiger partial charge on any atom is -0.381 e. The van der Waals surface area contributed by atoms with Gasteiger partial charge in [-0.3, -0.25) is 4.99 Å². The molecule has 2 fully saturated rings. The molecule has 0 bridgehead atoms. The molecule has 0 aromatic carbocycles. The summed E-state index contributed by atoms with van der Waals surface area (Å²) in [5, 5.41) is 6.50. The Morgan fingerprint density at radius 1 is 1.20 bits per heavy atom.